The first-order chi connectivity index (χ1) is 9.90. The van der Waals surface area contributed by atoms with Crippen LogP contribution >= 0.6 is 0 Å². The second-order valence-electron chi connectivity index (χ2n) is 6.33. The lowest BCUT2D eigenvalue weighted by Crippen LogP contribution is -2.49. The van der Waals surface area contributed by atoms with Crippen LogP contribution in [0.1, 0.15) is 56.2 Å². The molecule has 2 heteroatoms. The minimum atomic E-state index is 0.540. The molecule has 0 saturated carbocycles. The third-order valence-corrected chi connectivity index (χ3v) is 4.96. The van der Waals surface area contributed by atoms with Crippen LogP contribution in [-0.4, -0.2) is 30.6 Å². The van der Waals surface area contributed by atoms with E-state index in [1.165, 1.54) is 51.6 Å². The summed E-state index contributed by atoms with van der Waals surface area (Å²) in [6.45, 7) is 6.00. The fourth-order valence-corrected chi connectivity index (χ4v) is 3.93. The molecule has 1 aromatic rings. The Bertz CT molecular complexity index is 423. The van der Waals surface area contributed by atoms with Gasteiger partial charge in [0, 0.05) is 12.1 Å². The molecule has 2 atom stereocenters. The largest absolute Gasteiger partial charge is 0.309 e. The minimum Gasteiger partial charge on any atom is -0.309 e. The highest BCUT2D eigenvalue weighted by molar-refractivity contribution is 5.34. The maximum absolute atomic E-state index is 3.83. The van der Waals surface area contributed by atoms with Crippen LogP contribution in [-0.2, 0) is 6.42 Å². The summed E-state index contributed by atoms with van der Waals surface area (Å²) in [5.74, 6) is 0. The minimum absolute atomic E-state index is 0.540. The molecular formula is C18H28N2. The van der Waals surface area contributed by atoms with Gasteiger partial charge in [-0.25, -0.2) is 0 Å². The Morgan fingerprint density at radius 1 is 1.15 bits per heavy atom. The van der Waals surface area contributed by atoms with Crippen LogP contribution in [0.2, 0.25) is 0 Å². The smallest absolute Gasteiger partial charge is 0.0481 e. The molecule has 0 spiro atoms. The summed E-state index contributed by atoms with van der Waals surface area (Å²) in [6.07, 6.45) is 7.98. The summed E-state index contributed by atoms with van der Waals surface area (Å²) in [5.41, 5.74) is 3.12. The summed E-state index contributed by atoms with van der Waals surface area (Å²) in [5, 5.41) is 3.83. The molecule has 1 aromatic carbocycles. The lowest BCUT2D eigenvalue weighted by Gasteiger charge is -2.43. The molecule has 1 N–H and O–H groups in total. The van der Waals surface area contributed by atoms with Crippen molar-refractivity contribution in [3.8, 4) is 0 Å². The number of fused-ring (bicyclic) bond motifs is 1. The molecule has 2 unspecified atom stereocenters. The van der Waals surface area contributed by atoms with Crippen LogP contribution in [0.4, 0.5) is 0 Å². The van der Waals surface area contributed by atoms with Gasteiger partial charge in [0.25, 0.3) is 0 Å². The molecule has 1 heterocycles. The zero-order chi connectivity index (χ0) is 13.8. The van der Waals surface area contributed by atoms with Crippen LogP contribution < -0.4 is 5.32 Å². The molecule has 0 radical (unpaired) electrons. The van der Waals surface area contributed by atoms with Gasteiger partial charge in [0.15, 0.2) is 0 Å². The molecule has 0 aromatic heterocycles. The first-order valence-corrected chi connectivity index (χ1v) is 8.45. The van der Waals surface area contributed by atoms with Gasteiger partial charge in [-0.15, -0.1) is 0 Å². The maximum atomic E-state index is 3.83. The van der Waals surface area contributed by atoms with Gasteiger partial charge in [0.2, 0.25) is 0 Å². The van der Waals surface area contributed by atoms with Crippen LogP contribution in [0.3, 0.4) is 0 Å². The van der Waals surface area contributed by atoms with Crippen molar-refractivity contribution in [1.82, 2.24) is 10.2 Å². The van der Waals surface area contributed by atoms with E-state index in [0.717, 1.165) is 6.54 Å². The maximum Gasteiger partial charge on any atom is 0.0481 e. The zero-order valence-corrected chi connectivity index (χ0v) is 12.8. The number of nitrogens with zero attached hydrogens (tertiary/aromatic N) is 1. The van der Waals surface area contributed by atoms with Crippen molar-refractivity contribution in [3.05, 3.63) is 35.4 Å². The SMILES string of the molecule is CCCNC1c2ccccc2CCC1N1CCCCC1. The number of rotatable bonds is 4. The molecule has 1 aliphatic carbocycles. The second kappa shape index (κ2) is 6.73. The van der Waals surface area contributed by atoms with Crippen molar-refractivity contribution < 1.29 is 0 Å². The Labute approximate surface area is 123 Å². The highest BCUT2D eigenvalue weighted by Gasteiger charge is 2.33. The topological polar surface area (TPSA) is 15.3 Å². The van der Waals surface area contributed by atoms with Crippen molar-refractivity contribution in [2.45, 2.75) is 57.5 Å². The Balaban J connectivity index is 1.82. The predicted molar refractivity (Wildman–Crippen MR) is 85.0 cm³/mol. The van der Waals surface area contributed by atoms with E-state index in [0.29, 0.717) is 12.1 Å². The first kappa shape index (κ1) is 14.1. The number of likely N-dealkylation sites (tertiary alicyclic amines) is 1. The van der Waals surface area contributed by atoms with Gasteiger partial charge in [0.05, 0.1) is 0 Å². The molecular weight excluding hydrogens is 244 g/mol. The van der Waals surface area contributed by atoms with Crippen molar-refractivity contribution in [1.29, 1.82) is 0 Å². The molecule has 2 nitrogen and oxygen atoms in total. The van der Waals surface area contributed by atoms with Gasteiger partial charge in [-0.2, -0.15) is 0 Å². The molecule has 1 aliphatic heterocycles. The lowest BCUT2D eigenvalue weighted by molar-refractivity contribution is 0.117. The van der Waals surface area contributed by atoms with E-state index in [1.807, 2.05) is 0 Å². The third kappa shape index (κ3) is 2.91. The van der Waals surface area contributed by atoms with E-state index < -0.39 is 0 Å². The lowest BCUT2D eigenvalue weighted by atomic mass is 9.82. The second-order valence-corrected chi connectivity index (χ2v) is 6.33. The van der Waals surface area contributed by atoms with Gasteiger partial charge < -0.3 is 5.32 Å². The van der Waals surface area contributed by atoms with E-state index in [1.54, 1.807) is 11.1 Å². The Morgan fingerprint density at radius 3 is 2.75 bits per heavy atom. The van der Waals surface area contributed by atoms with Gasteiger partial charge in [0.1, 0.15) is 0 Å². The average molecular weight is 272 g/mol. The number of benzene rings is 1. The Hall–Kier alpha value is -0.860. The monoisotopic (exact) mass is 272 g/mol. The van der Waals surface area contributed by atoms with E-state index >= 15 is 0 Å². The molecule has 0 amide bonds. The quantitative estimate of drug-likeness (QED) is 0.902. The summed E-state index contributed by atoms with van der Waals surface area (Å²) in [7, 11) is 0. The zero-order valence-electron chi connectivity index (χ0n) is 12.8. The fraction of sp³-hybridized carbons (Fsp3) is 0.667. The van der Waals surface area contributed by atoms with Crippen molar-refractivity contribution >= 4 is 0 Å². The van der Waals surface area contributed by atoms with Crippen LogP contribution in [0, 0.1) is 0 Å². The number of aryl methyl sites for hydroxylation is 1. The highest BCUT2D eigenvalue weighted by atomic mass is 15.2. The molecule has 0 bridgehead atoms. The molecule has 3 rings (SSSR count). The van der Waals surface area contributed by atoms with Crippen LogP contribution in [0.5, 0.6) is 0 Å². The fourth-order valence-electron chi connectivity index (χ4n) is 3.93. The number of hydrogen-bond donors (Lipinski definition) is 1. The van der Waals surface area contributed by atoms with E-state index in [4.69, 9.17) is 0 Å². The van der Waals surface area contributed by atoms with E-state index in [2.05, 4.69) is 41.4 Å². The summed E-state index contributed by atoms with van der Waals surface area (Å²) in [4.78, 5) is 2.76. The van der Waals surface area contributed by atoms with Gasteiger partial charge in [-0.05, 0) is 62.9 Å². The van der Waals surface area contributed by atoms with Crippen molar-refractivity contribution in [2.75, 3.05) is 19.6 Å². The number of piperidine rings is 1. The molecule has 110 valence electrons. The van der Waals surface area contributed by atoms with Gasteiger partial charge in [-0.1, -0.05) is 37.6 Å². The molecule has 20 heavy (non-hydrogen) atoms. The predicted octanol–water partition coefficient (Wildman–Crippen LogP) is 3.53. The van der Waals surface area contributed by atoms with E-state index in [9.17, 15) is 0 Å². The number of nitrogens with one attached hydrogen (secondary N) is 1. The normalized spacial score (nSPS) is 27.2. The average Bonchev–Trinajstić information content (AvgIpc) is 2.53. The molecule has 2 aliphatic rings. The first-order valence-electron chi connectivity index (χ1n) is 8.45. The van der Waals surface area contributed by atoms with Crippen molar-refractivity contribution in [2.24, 2.45) is 0 Å². The third-order valence-electron chi connectivity index (χ3n) is 4.96. The van der Waals surface area contributed by atoms with Crippen LogP contribution in [0.15, 0.2) is 24.3 Å². The van der Waals surface area contributed by atoms with Gasteiger partial charge >= 0.3 is 0 Å². The standard InChI is InChI=1S/C18H28N2/c1-2-12-19-18-16-9-5-4-8-15(16)10-11-17(18)20-13-6-3-7-14-20/h4-5,8-9,17-19H,2-3,6-7,10-14H2,1H3. The Kier molecular flexibility index (Phi) is 4.74. The van der Waals surface area contributed by atoms with Gasteiger partial charge in [-0.3, -0.25) is 4.90 Å². The van der Waals surface area contributed by atoms with E-state index in [-0.39, 0.29) is 0 Å². The summed E-state index contributed by atoms with van der Waals surface area (Å²) >= 11 is 0. The molecule has 1 fully saturated rings. The Morgan fingerprint density at radius 2 is 1.95 bits per heavy atom. The summed E-state index contributed by atoms with van der Waals surface area (Å²) < 4.78 is 0. The van der Waals surface area contributed by atoms with Crippen molar-refractivity contribution in [3.63, 3.8) is 0 Å². The molecule has 1 saturated heterocycles. The van der Waals surface area contributed by atoms with Crippen LogP contribution in [0.25, 0.3) is 0 Å². The summed E-state index contributed by atoms with van der Waals surface area (Å²) in [6, 6.07) is 10.3. The number of hydrogen-bond acceptors (Lipinski definition) is 2. The highest BCUT2D eigenvalue weighted by Crippen LogP contribution is 2.34.